The van der Waals surface area contributed by atoms with Crippen LogP contribution in [0.1, 0.15) is 5.56 Å². The minimum Gasteiger partial charge on any atom is -0.436 e. The van der Waals surface area contributed by atoms with Crippen LogP contribution in [0.2, 0.25) is 0 Å². The number of nitriles is 1. The maximum atomic E-state index is 9.09. The first-order valence-corrected chi connectivity index (χ1v) is 15.6. The highest BCUT2D eigenvalue weighted by Gasteiger charge is 2.16. The number of rotatable bonds is 6. The molecule has 3 heteroatoms. The Morgan fingerprint density at radius 3 is 1.30 bits per heavy atom. The molecule has 1 heterocycles. The van der Waals surface area contributed by atoms with Crippen LogP contribution < -0.4 is 0 Å². The minimum absolute atomic E-state index is 0.605. The Morgan fingerprint density at radius 1 is 0.404 bits per heavy atom. The molecule has 0 spiro atoms. The summed E-state index contributed by atoms with van der Waals surface area (Å²) in [6.07, 6.45) is 0. The molecule has 0 saturated heterocycles. The topological polar surface area (TPSA) is 49.8 Å². The first-order valence-electron chi connectivity index (χ1n) is 15.6. The second-order valence-corrected chi connectivity index (χ2v) is 11.5. The van der Waals surface area contributed by atoms with Gasteiger partial charge in [0.25, 0.3) is 0 Å². The van der Waals surface area contributed by atoms with Crippen LogP contribution in [-0.2, 0) is 0 Å². The molecule has 0 atom stereocenters. The zero-order valence-corrected chi connectivity index (χ0v) is 25.5. The highest BCUT2D eigenvalue weighted by atomic mass is 16.3. The van der Waals surface area contributed by atoms with E-state index in [2.05, 4.69) is 140 Å². The average molecular weight is 601 g/mol. The molecule has 0 N–H and O–H groups in total. The number of nitrogens with zero attached hydrogens (tertiary/aromatic N) is 2. The molecule has 47 heavy (non-hydrogen) atoms. The SMILES string of the molecule is N#Cc1ccc(-c2ccc(-c3ccc(-c4cc(-c5ccccc5)c5nc(-c6ccc(-c7ccccc7)cc6)oc5c4)cc3)cc2)cc1. The molecular formula is C44H28N2O. The first kappa shape index (κ1) is 28.0. The van der Waals surface area contributed by atoms with Crippen LogP contribution in [0.5, 0.6) is 0 Å². The normalized spacial score (nSPS) is 11.0. The summed E-state index contributed by atoms with van der Waals surface area (Å²) in [7, 11) is 0. The zero-order valence-electron chi connectivity index (χ0n) is 25.5. The summed E-state index contributed by atoms with van der Waals surface area (Å²) in [4.78, 5) is 5.01. The number of benzene rings is 7. The lowest BCUT2D eigenvalue weighted by Gasteiger charge is -2.09. The molecule has 0 fully saturated rings. The summed E-state index contributed by atoms with van der Waals surface area (Å²) in [5.41, 5.74) is 14.4. The Balaban J connectivity index is 1.12. The van der Waals surface area contributed by atoms with Gasteiger partial charge in [0.2, 0.25) is 5.89 Å². The highest BCUT2D eigenvalue weighted by molar-refractivity contribution is 5.96. The van der Waals surface area contributed by atoms with Crippen molar-refractivity contribution in [2.75, 3.05) is 0 Å². The quantitative estimate of drug-likeness (QED) is 0.191. The molecule has 8 rings (SSSR count). The van der Waals surface area contributed by atoms with Gasteiger partial charge in [-0.2, -0.15) is 5.26 Å². The van der Waals surface area contributed by atoms with Gasteiger partial charge >= 0.3 is 0 Å². The van der Waals surface area contributed by atoms with Crippen LogP contribution in [0.4, 0.5) is 0 Å². The van der Waals surface area contributed by atoms with Gasteiger partial charge in [-0.3, -0.25) is 0 Å². The minimum atomic E-state index is 0.605. The molecule has 7 aromatic carbocycles. The van der Waals surface area contributed by atoms with Crippen molar-refractivity contribution in [3.8, 4) is 73.2 Å². The van der Waals surface area contributed by atoms with Crippen molar-refractivity contribution >= 4 is 11.1 Å². The van der Waals surface area contributed by atoms with Gasteiger partial charge in [-0.1, -0.05) is 133 Å². The van der Waals surface area contributed by atoms with Crippen molar-refractivity contribution in [2.24, 2.45) is 0 Å². The Bertz CT molecular complexity index is 2350. The Hall–Kier alpha value is -6.50. The number of aromatic nitrogens is 1. The van der Waals surface area contributed by atoms with Crippen LogP contribution in [0, 0.1) is 11.3 Å². The second-order valence-electron chi connectivity index (χ2n) is 11.5. The monoisotopic (exact) mass is 600 g/mol. The fraction of sp³-hybridized carbons (Fsp3) is 0. The van der Waals surface area contributed by atoms with Gasteiger partial charge in [-0.05, 0) is 86.5 Å². The zero-order chi connectivity index (χ0) is 31.6. The lowest BCUT2D eigenvalue weighted by molar-refractivity contribution is 0.620. The summed E-state index contributed by atoms with van der Waals surface area (Å²) in [6, 6.07) is 60.5. The van der Waals surface area contributed by atoms with E-state index in [1.165, 1.54) is 5.56 Å². The van der Waals surface area contributed by atoms with E-state index in [9.17, 15) is 0 Å². The van der Waals surface area contributed by atoms with E-state index in [0.29, 0.717) is 11.5 Å². The van der Waals surface area contributed by atoms with Crippen molar-refractivity contribution in [3.63, 3.8) is 0 Å². The molecule has 0 bridgehead atoms. The molecule has 0 amide bonds. The molecule has 220 valence electrons. The Kier molecular flexibility index (Phi) is 7.22. The summed E-state index contributed by atoms with van der Waals surface area (Å²) in [6.45, 7) is 0. The molecule has 1 aromatic heterocycles. The molecular weight excluding hydrogens is 572 g/mol. The van der Waals surface area contributed by atoms with Gasteiger partial charge in [0.05, 0.1) is 11.6 Å². The Morgan fingerprint density at radius 2 is 0.809 bits per heavy atom. The van der Waals surface area contributed by atoms with Crippen molar-refractivity contribution in [1.29, 1.82) is 5.26 Å². The van der Waals surface area contributed by atoms with Crippen LogP contribution in [0.25, 0.3) is 78.2 Å². The maximum Gasteiger partial charge on any atom is 0.227 e. The van der Waals surface area contributed by atoms with Crippen LogP contribution in [0.3, 0.4) is 0 Å². The van der Waals surface area contributed by atoms with Gasteiger partial charge in [0.15, 0.2) is 5.58 Å². The van der Waals surface area contributed by atoms with Gasteiger partial charge in [-0.25, -0.2) is 4.98 Å². The molecule has 8 aromatic rings. The van der Waals surface area contributed by atoms with E-state index >= 15 is 0 Å². The third-order valence-electron chi connectivity index (χ3n) is 8.60. The number of fused-ring (bicyclic) bond motifs is 1. The predicted molar refractivity (Wildman–Crippen MR) is 191 cm³/mol. The molecule has 0 aliphatic rings. The maximum absolute atomic E-state index is 9.09. The van der Waals surface area contributed by atoms with Crippen molar-refractivity contribution in [3.05, 3.63) is 175 Å². The summed E-state index contributed by atoms with van der Waals surface area (Å²) < 4.78 is 6.45. The molecule has 3 nitrogen and oxygen atoms in total. The first-order chi connectivity index (χ1) is 23.2. The van der Waals surface area contributed by atoms with Crippen molar-refractivity contribution in [1.82, 2.24) is 4.98 Å². The van der Waals surface area contributed by atoms with Gasteiger partial charge < -0.3 is 4.42 Å². The van der Waals surface area contributed by atoms with Crippen LogP contribution >= 0.6 is 0 Å². The fourth-order valence-corrected chi connectivity index (χ4v) is 6.04. The number of oxazole rings is 1. The van der Waals surface area contributed by atoms with Gasteiger partial charge in [0.1, 0.15) is 5.52 Å². The number of hydrogen-bond donors (Lipinski definition) is 0. The van der Waals surface area contributed by atoms with E-state index in [1.807, 2.05) is 36.4 Å². The number of hydrogen-bond acceptors (Lipinski definition) is 3. The third-order valence-corrected chi connectivity index (χ3v) is 8.60. The van der Waals surface area contributed by atoms with Gasteiger partial charge in [-0.15, -0.1) is 0 Å². The highest BCUT2D eigenvalue weighted by Crippen LogP contribution is 2.37. The van der Waals surface area contributed by atoms with E-state index in [1.54, 1.807) is 0 Å². The van der Waals surface area contributed by atoms with E-state index < -0.39 is 0 Å². The van der Waals surface area contributed by atoms with Crippen LogP contribution in [0.15, 0.2) is 174 Å². The molecule has 0 saturated carbocycles. The predicted octanol–water partition coefficient (Wildman–Crippen LogP) is 11.7. The molecule has 0 radical (unpaired) electrons. The largest absolute Gasteiger partial charge is 0.436 e. The third kappa shape index (κ3) is 5.61. The molecule has 0 unspecified atom stereocenters. The van der Waals surface area contributed by atoms with E-state index in [-0.39, 0.29) is 0 Å². The standard InChI is InChI=1S/C44H28N2O/c45-29-30-11-13-32(14-12-30)34-15-17-35(18-16-34)36-19-21-37(22-20-36)40-27-41(38-9-5-2-6-10-38)43-42(28-40)47-44(46-43)39-25-23-33(24-26-39)31-7-3-1-4-8-31/h1-28H. The fourth-order valence-electron chi connectivity index (χ4n) is 6.04. The summed E-state index contributed by atoms with van der Waals surface area (Å²) in [5.74, 6) is 0.605. The lowest BCUT2D eigenvalue weighted by Crippen LogP contribution is -1.86. The second kappa shape index (κ2) is 12.1. The van der Waals surface area contributed by atoms with Gasteiger partial charge in [0, 0.05) is 11.1 Å². The lowest BCUT2D eigenvalue weighted by atomic mass is 9.95. The smallest absolute Gasteiger partial charge is 0.227 e. The molecule has 0 aliphatic carbocycles. The van der Waals surface area contributed by atoms with E-state index in [4.69, 9.17) is 14.7 Å². The van der Waals surface area contributed by atoms with Crippen molar-refractivity contribution < 1.29 is 4.42 Å². The summed E-state index contributed by atoms with van der Waals surface area (Å²) in [5, 5.41) is 9.09. The average Bonchev–Trinajstić information content (AvgIpc) is 3.60. The Labute approximate surface area is 273 Å². The summed E-state index contributed by atoms with van der Waals surface area (Å²) >= 11 is 0. The van der Waals surface area contributed by atoms with Crippen LogP contribution in [-0.4, -0.2) is 4.98 Å². The van der Waals surface area contributed by atoms with Crippen molar-refractivity contribution in [2.45, 2.75) is 0 Å². The molecule has 0 aliphatic heterocycles. The van der Waals surface area contributed by atoms with E-state index in [0.717, 1.165) is 66.7 Å².